The van der Waals surface area contributed by atoms with Crippen LogP contribution in [0.1, 0.15) is 42.6 Å². The Morgan fingerprint density at radius 2 is 1.93 bits per heavy atom. The van der Waals surface area contributed by atoms with Crippen LogP contribution in [0.15, 0.2) is 24.3 Å². The van der Waals surface area contributed by atoms with Crippen LogP contribution in [0, 0.1) is 11.3 Å². The van der Waals surface area contributed by atoms with Crippen molar-refractivity contribution in [3.63, 3.8) is 0 Å². The van der Waals surface area contributed by atoms with Crippen LogP contribution in [0.5, 0.6) is 0 Å². The summed E-state index contributed by atoms with van der Waals surface area (Å²) in [7, 11) is 1.89. The summed E-state index contributed by atoms with van der Waals surface area (Å²) in [5.41, 5.74) is 1.73. The quantitative estimate of drug-likeness (QED) is 0.777. The number of para-hydroxylation sites is 1. The first-order valence-corrected chi connectivity index (χ1v) is 11.1. The third kappa shape index (κ3) is 3.29. The summed E-state index contributed by atoms with van der Waals surface area (Å²) in [6, 6.07) is 7.90. The average Bonchev–Trinajstić information content (AvgIpc) is 3.31. The van der Waals surface area contributed by atoms with E-state index in [0.717, 1.165) is 43.3 Å². The second-order valence-electron chi connectivity index (χ2n) is 9.12. The van der Waals surface area contributed by atoms with E-state index in [4.69, 9.17) is 4.74 Å². The molecule has 1 aromatic carbocycles. The molecule has 160 valence electrons. The summed E-state index contributed by atoms with van der Waals surface area (Å²) >= 11 is 0. The molecule has 1 spiro atoms. The average molecular weight is 411 g/mol. The maximum absolute atomic E-state index is 13.4. The van der Waals surface area contributed by atoms with E-state index in [2.05, 4.69) is 5.10 Å². The number of hydrogen-bond donors (Lipinski definition) is 0. The number of carbonyl (C=O) groups is 2. The molecule has 7 heteroatoms. The van der Waals surface area contributed by atoms with Crippen molar-refractivity contribution >= 4 is 22.7 Å². The fourth-order valence-electron chi connectivity index (χ4n) is 5.57. The molecule has 3 fully saturated rings. The zero-order valence-electron chi connectivity index (χ0n) is 17.7. The molecular formula is C23H30N4O3. The van der Waals surface area contributed by atoms with Crippen LogP contribution >= 0.6 is 0 Å². The molecule has 30 heavy (non-hydrogen) atoms. The SMILES string of the molecule is Cn1nc(C(=O)N2CC(CCC(=O)N3CCOCC3)C3(CCC3)C2)c2ccccc21. The molecule has 2 aromatic rings. The highest BCUT2D eigenvalue weighted by atomic mass is 16.5. The molecule has 2 amide bonds. The van der Waals surface area contributed by atoms with Gasteiger partial charge in [-0.1, -0.05) is 24.6 Å². The Morgan fingerprint density at radius 1 is 1.17 bits per heavy atom. The lowest BCUT2D eigenvalue weighted by molar-refractivity contribution is -0.135. The lowest BCUT2D eigenvalue weighted by Gasteiger charge is -2.43. The van der Waals surface area contributed by atoms with Crippen molar-refractivity contribution in [3.8, 4) is 0 Å². The van der Waals surface area contributed by atoms with Crippen LogP contribution < -0.4 is 0 Å². The molecule has 0 bridgehead atoms. The van der Waals surface area contributed by atoms with E-state index in [0.29, 0.717) is 44.3 Å². The number of ether oxygens (including phenoxy) is 1. The second kappa shape index (κ2) is 7.69. The normalized spacial score (nSPS) is 23.2. The smallest absolute Gasteiger partial charge is 0.275 e. The van der Waals surface area contributed by atoms with Crippen molar-refractivity contribution in [3.05, 3.63) is 30.0 Å². The Kier molecular flexibility index (Phi) is 5.01. The number of benzene rings is 1. The molecular weight excluding hydrogens is 380 g/mol. The van der Waals surface area contributed by atoms with E-state index in [-0.39, 0.29) is 17.2 Å². The number of nitrogens with zero attached hydrogens (tertiary/aromatic N) is 4. The van der Waals surface area contributed by atoms with Gasteiger partial charge in [0.05, 0.1) is 18.7 Å². The van der Waals surface area contributed by atoms with Crippen molar-refractivity contribution in [2.24, 2.45) is 18.4 Å². The minimum absolute atomic E-state index is 0.0279. The molecule has 2 saturated heterocycles. The van der Waals surface area contributed by atoms with Crippen molar-refractivity contribution in [1.82, 2.24) is 19.6 Å². The third-order valence-electron chi connectivity index (χ3n) is 7.48. The summed E-state index contributed by atoms with van der Waals surface area (Å²) in [6.45, 7) is 4.21. The van der Waals surface area contributed by atoms with E-state index in [1.54, 1.807) is 4.68 Å². The van der Waals surface area contributed by atoms with E-state index >= 15 is 0 Å². The van der Waals surface area contributed by atoms with Gasteiger partial charge in [-0.05, 0) is 36.7 Å². The maximum Gasteiger partial charge on any atom is 0.275 e. The van der Waals surface area contributed by atoms with Crippen molar-refractivity contribution in [2.45, 2.75) is 32.1 Å². The first kappa shape index (κ1) is 19.5. The molecule has 3 heterocycles. The van der Waals surface area contributed by atoms with Gasteiger partial charge in [-0.15, -0.1) is 0 Å². The maximum atomic E-state index is 13.4. The highest BCUT2D eigenvalue weighted by Crippen LogP contribution is 2.53. The topological polar surface area (TPSA) is 67.7 Å². The van der Waals surface area contributed by atoms with Gasteiger partial charge in [0.1, 0.15) is 0 Å². The molecule has 1 saturated carbocycles. The molecule has 5 rings (SSSR count). The van der Waals surface area contributed by atoms with Gasteiger partial charge in [0.2, 0.25) is 5.91 Å². The zero-order chi connectivity index (χ0) is 20.7. The Balaban J connectivity index is 1.29. The Hall–Kier alpha value is -2.41. The first-order valence-electron chi connectivity index (χ1n) is 11.1. The summed E-state index contributed by atoms with van der Waals surface area (Å²) in [6.07, 6.45) is 4.98. The molecule has 2 aliphatic heterocycles. The summed E-state index contributed by atoms with van der Waals surface area (Å²) in [4.78, 5) is 30.0. The lowest BCUT2D eigenvalue weighted by atomic mass is 9.62. The number of likely N-dealkylation sites (tertiary alicyclic amines) is 1. The fraction of sp³-hybridized carbons (Fsp3) is 0.609. The lowest BCUT2D eigenvalue weighted by Crippen LogP contribution is -2.42. The van der Waals surface area contributed by atoms with Gasteiger partial charge >= 0.3 is 0 Å². The largest absolute Gasteiger partial charge is 0.378 e. The number of rotatable bonds is 4. The Morgan fingerprint density at radius 3 is 2.67 bits per heavy atom. The van der Waals surface area contributed by atoms with Crippen LogP contribution in [0.2, 0.25) is 0 Å². The molecule has 0 radical (unpaired) electrons. The monoisotopic (exact) mass is 410 g/mol. The van der Waals surface area contributed by atoms with Gasteiger partial charge < -0.3 is 14.5 Å². The number of morpholine rings is 1. The van der Waals surface area contributed by atoms with Crippen LogP contribution in [-0.4, -0.2) is 70.8 Å². The van der Waals surface area contributed by atoms with Gasteiger partial charge in [-0.2, -0.15) is 5.10 Å². The number of hydrogen-bond acceptors (Lipinski definition) is 4. The number of amides is 2. The molecule has 3 aliphatic rings. The standard InChI is InChI=1S/C23H30N4O3/c1-25-19-6-3-2-5-18(19)21(24-25)22(29)27-15-17(23(16-27)9-4-10-23)7-8-20(28)26-11-13-30-14-12-26/h2-3,5-6,17H,4,7-16H2,1H3. The van der Waals surface area contributed by atoms with Gasteiger partial charge in [0, 0.05) is 45.0 Å². The van der Waals surface area contributed by atoms with Gasteiger partial charge in [0.15, 0.2) is 5.69 Å². The summed E-state index contributed by atoms with van der Waals surface area (Å²) < 4.78 is 7.14. The van der Waals surface area contributed by atoms with Crippen molar-refractivity contribution < 1.29 is 14.3 Å². The number of aryl methyl sites for hydroxylation is 1. The fourth-order valence-corrected chi connectivity index (χ4v) is 5.57. The van der Waals surface area contributed by atoms with E-state index in [9.17, 15) is 9.59 Å². The number of fused-ring (bicyclic) bond motifs is 1. The van der Waals surface area contributed by atoms with Crippen LogP contribution in [-0.2, 0) is 16.6 Å². The molecule has 1 aliphatic carbocycles. The minimum atomic E-state index is 0.0279. The Bertz CT molecular complexity index is 959. The summed E-state index contributed by atoms with van der Waals surface area (Å²) in [5.74, 6) is 0.656. The van der Waals surface area contributed by atoms with Crippen LogP contribution in [0.25, 0.3) is 10.9 Å². The van der Waals surface area contributed by atoms with E-state index in [1.165, 1.54) is 6.42 Å². The van der Waals surface area contributed by atoms with Gasteiger partial charge in [0.25, 0.3) is 5.91 Å². The molecule has 1 unspecified atom stereocenters. The van der Waals surface area contributed by atoms with Gasteiger partial charge in [-0.25, -0.2) is 0 Å². The molecule has 1 atom stereocenters. The minimum Gasteiger partial charge on any atom is -0.378 e. The highest BCUT2D eigenvalue weighted by molar-refractivity contribution is 6.05. The third-order valence-corrected chi connectivity index (χ3v) is 7.48. The number of carbonyl (C=O) groups excluding carboxylic acids is 2. The van der Waals surface area contributed by atoms with Crippen LogP contribution in [0.4, 0.5) is 0 Å². The first-order chi connectivity index (χ1) is 14.6. The molecule has 1 aromatic heterocycles. The summed E-state index contributed by atoms with van der Waals surface area (Å²) in [5, 5.41) is 5.45. The van der Waals surface area contributed by atoms with E-state index < -0.39 is 0 Å². The van der Waals surface area contributed by atoms with Crippen molar-refractivity contribution in [2.75, 3.05) is 39.4 Å². The number of aromatic nitrogens is 2. The predicted octanol–water partition coefficient (Wildman–Crippen LogP) is 2.45. The Labute approximate surface area is 176 Å². The van der Waals surface area contributed by atoms with E-state index in [1.807, 2.05) is 41.1 Å². The van der Waals surface area contributed by atoms with Gasteiger partial charge in [-0.3, -0.25) is 14.3 Å². The molecule has 0 N–H and O–H groups in total. The zero-order valence-corrected chi connectivity index (χ0v) is 17.7. The van der Waals surface area contributed by atoms with Crippen LogP contribution in [0.3, 0.4) is 0 Å². The predicted molar refractivity (Wildman–Crippen MR) is 113 cm³/mol. The molecule has 7 nitrogen and oxygen atoms in total. The van der Waals surface area contributed by atoms with Crippen molar-refractivity contribution in [1.29, 1.82) is 0 Å². The second-order valence-corrected chi connectivity index (χ2v) is 9.12. The highest BCUT2D eigenvalue weighted by Gasteiger charge is 2.51.